The van der Waals surface area contributed by atoms with Gasteiger partial charge in [0.25, 0.3) is 0 Å². The topological polar surface area (TPSA) is 12.0 Å². The van der Waals surface area contributed by atoms with Crippen molar-refractivity contribution in [1.82, 2.24) is 5.32 Å². The minimum absolute atomic E-state index is 0.585. The van der Waals surface area contributed by atoms with Crippen molar-refractivity contribution in [1.29, 1.82) is 0 Å². The molecule has 0 aliphatic carbocycles. The number of hydrogen-bond acceptors (Lipinski definition) is 1. The van der Waals surface area contributed by atoms with E-state index in [-0.39, 0.29) is 0 Å². The molecule has 0 saturated heterocycles. The third-order valence-electron chi connectivity index (χ3n) is 3.33. The van der Waals surface area contributed by atoms with Gasteiger partial charge in [0.2, 0.25) is 5.82 Å². The summed E-state index contributed by atoms with van der Waals surface area (Å²) >= 11 is 0. The van der Waals surface area contributed by atoms with Crippen molar-refractivity contribution in [2.45, 2.75) is 6.42 Å². The van der Waals surface area contributed by atoms with Crippen LogP contribution in [-0.2, 0) is 6.42 Å². The molecule has 0 spiro atoms. The molecule has 0 bridgehead atoms. The van der Waals surface area contributed by atoms with Gasteiger partial charge in [0, 0.05) is 0 Å². The maximum atomic E-state index is 13.5. The second-order valence-corrected chi connectivity index (χ2v) is 4.91. The standard InChI is InChI=1S/C17H14F5N/c1-23-9-8-11-4-2-10(3-5-11)6-7-12-13(18)15(20)17(22)16(21)14(12)19/h2-7,23H,8-9H2,1H3/b7-6+. The summed E-state index contributed by atoms with van der Waals surface area (Å²) in [6.45, 7) is 0.805. The zero-order valence-corrected chi connectivity index (χ0v) is 12.3. The Morgan fingerprint density at radius 1 is 0.783 bits per heavy atom. The highest BCUT2D eigenvalue weighted by Gasteiger charge is 2.24. The van der Waals surface area contributed by atoms with Crippen LogP contribution in [0.5, 0.6) is 0 Å². The van der Waals surface area contributed by atoms with Gasteiger partial charge in [0.1, 0.15) is 0 Å². The van der Waals surface area contributed by atoms with E-state index < -0.39 is 34.6 Å². The lowest BCUT2D eigenvalue weighted by molar-refractivity contribution is 0.377. The molecule has 6 heteroatoms. The van der Waals surface area contributed by atoms with E-state index in [4.69, 9.17) is 0 Å². The maximum absolute atomic E-state index is 13.5. The molecule has 0 amide bonds. The van der Waals surface area contributed by atoms with E-state index >= 15 is 0 Å². The lowest BCUT2D eigenvalue weighted by Crippen LogP contribution is -2.10. The molecule has 0 saturated carbocycles. The first-order valence-corrected chi connectivity index (χ1v) is 6.88. The summed E-state index contributed by atoms with van der Waals surface area (Å²) in [5.41, 5.74) is 0.690. The molecule has 2 aromatic rings. The van der Waals surface area contributed by atoms with Crippen molar-refractivity contribution in [3.8, 4) is 0 Å². The number of nitrogens with one attached hydrogen (secondary N) is 1. The second-order valence-electron chi connectivity index (χ2n) is 4.91. The molecular weight excluding hydrogens is 313 g/mol. The highest BCUT2D eigenvalue weighted by atomic mass is 19.2. The molecular formula is C17H14F5N. The number of likely N-dealkylation sites (N-methyl/N-ethyl adjacent to an activating group) is 1. The molecule has 122 valence electrons. The largest absolute Gasteiger partial charge is 0.319 e. The van der Waals surface area contributed by atoms with Crippen LogP contribution in [0.1, 0.15) is 16.7 Å². The van der Waals surface area contributed by atoms with E-state index in [0.29, 0.717) is 5.56 Å². The molecule has 2 aromatic carbocycles. The van der Waals surface area contributed by atoms with Crippen LogP contribution in [0.15, 0.2) is 24.3 Å². The number of hydrogen-bond donors (Lipinski definition) is 1. The molecule has 0 radical (unpaired) electrons. The van der Waals surface area contributed by atoms with Gasteiger partial charge in [-0.25, -0.2) is 22.0 Å². The van der Waals surface area contributed by atoms with Crippen LogP contribution in [0.2, 0.25) is 0 Å². The fourth-order valence-corrected chi connectivity index (χ4v) is 2.01. The van der Waals surface area contributed by atoms with Crippen molar-refractivity contribution >= 4 is 12.2 Å². The van der Waals surface area contributed by atoms with Gasteiger partial charge in [0.15, 0.2) is 23.3 Å². The van der Waals surface area contributed by atoms with Crippen molar-refractivity contribution in [2.24, 2.45) is 0 Å². The van der Waals surface area contributed by atoms with Gasteiger partial charge in [-0.3, -0.25) is 0 Å². The van der Waals surface area contributed by atoms with E-state index in [1.807, 2.05) is 19.2 Å². The van der Waals surface area contributed by atoms with Crippen LogP contribution in [-0.4, -0.2) is 13.6 Å². The Bertz CT molecular complexity index is 694. The van der Waals surface area contributed by atoms with Gasteiger partial charge in [-0.15, -0.1) is 0 Å². The Morgan fingerprint density at radius 3 is 1.83 bits per heavy atom. The quantitative estimate of drug-likeness (QED) is 0.373. The van der Waals surface area contributed by atoms with Gasteiger partial charge in [0.05, 0.1) is 5.56 Å². The Kier molecular flexibility index (Phi) is 5.50. The summed E-state index contributed by atoms with van der Waals surface area (Å²) in [5.74, 6) is -9.76. The summed E-state index contributed by atoms with van der Waals surface area (Å²) < 4.78 is 66.2. The Labute approximate surface area is 130 Å². The Balaban J connectivity index is 2.27. The molecule has 0 aromatic heterocycles. The normalized spacial score (nSPS) is 11.4. The van der Waals surface area contributed by atoms with E-state index in [1.165, 1.54) is 6.08 Å². The molecule has 0 heterocycles. The van der Waals surface area contributed by atoms with Crippen molar-refractivity contribution in [3.63, 3.8) is 0 Å². The summed E-state index contributed by atoms with van der Waals surface area (Å²) in [4.78, 5) is 0. The van der Waals surface area contributed by atoms with Gasteiger partial charge in [-0.05, 0) is 37.2 Å². The minimum Gasteiger partial charge on any atom is -0.319 e. The maximum Gasteiger partial charge on any atom is 0.200 e. The fourth-order valence-electron chi connectivity index (χ4n) is 2.01. The lowest BCUT2D eigenvalue weighted by Gasteiger charge is -2.04. The molecule has 0 aliphatic heterocycles. The molecule has 2 rings (SSSR count). The first-order chi connectivity index (χ1) is 11.0. The number of benzene rings is 2. The summed E-state index contributed by atoms with van der Waals surface area (Å²) in [5, 5.41) is 3.01. The van der Waals surface area contributed by atoms with Crippen molar-refractivity contribution in [3.05, 3.63) is 70.0 Å². The van der Waals surface area contributed by atoms with Crippen LogP contribution in [0.3, 0.4) is 0 Å². The third kappa shape index (κ3) is 3.76. The van der Waals surface area contributed by atoms with Crippen LogP contribution >= 0.6 is 0 Å². The van der Waals surface area contributed by atoms with E-state index in [2.05, 4.69) is 5.32 Å². The highest BCUT2D eigenvalue weighted by Crippen LogP contribution is 2.24. The molecule has 0 atom stereocenters. The van der Waals surface area contributed by atoms with E-state index in [1.54, 1.807) is 12.1 Å². The zero-order chi connectivity index (χ0) is 17.0. The van der Waals surface area contributed by atoms with Crippen LogP contribution in [0, 0.1) is 29.1 Å². The van der Waals surface area contributed by atoms with Gasteiger partial charge >= 0.3 is 0 Å². The molecule has 0 unspecified atom stereocenters. The predicted molar refractivity (Wildman–Crippen MR) is 79.2 cm³/mol. The smallest absolute Gasteiger partial charge is 0.200 e. The predicted octanol–water partition coefficient (Wildman–Crippen LogP) is 4.31. The molecule has 1 N–H and O–H groups in total. The SMILES string of the molecule is CNCCc1ccc(/C=C/c2c(F)c(F)c(F)c(F)c2F)cc1. The van der Waals surface area contributed by atoms with Crippen LogP contribution in [0.25, 0.3) is 12.2 Å². The molecule has 1 nitrogen and oxygen atoms in total. The van der Waals surface area contributed by atoms with E-state index in [0.717, 1.165) is 24.6 Å². The average Bonchev–Trinajstić information content (AvgIpc) is 2.57. The van der Waals surface area contributed by atoms with E-state index in [9.17, 15) is 22.0 Å². The first kappa shape index (κ1) is 17.1. The molecule has 0 aliphatic rings. The van der Waals surface area contributed by atoms with Crippen LogP contribution < -0.4 is 5.32 Å². The van der Waals surface area contributed by atoms with Gasteiger partial charge in [-0.2, -0.15) is 0 Å². The van der Waals surface area contributed by atoms with Gasteiger partial charge < -0.3 is 5.32 Å². The van der Waals surface area contributed by atoms with Crippen molar-refractivity contribution < 1.29 is 22.0 Å². The summed E-state index contributed by atoms with van der Waals surface area (Å²) in [6.07, 6.45) is 2.98. The molecule has 23 heavy (non-hydrogen) atoms. The number of rotatable bonds is 5. The Morgan fingerprint density at radius 2 is 1.30 bits per heavy atom. The first-order valence-electron chi connectivity index (χ1n) is 6.88. The Hall–Kier alpha value is -2.21. The third-order valence-corrected chi connectivity index (χ3v) is 3.33. The number of halogens is 5. The monoisotopic (exact) mass is 327 g/mol. The fraction of sp³-hybridized carbons (Fsp3) is 0.176. The molecule has 0 fully saturated rings. The van der Waals surface area contributed by atoms with Crippen molar-refractivity contribution in [2.75, 3.05) is 13.6 Å². The second kappa shape index (κ2) is 7.37. The minimum atomic E-state index is -2.16. The summed E-state index contributed by atoms with van der Waals surface area (Å²) in [7, 11) is 1.83. The average molecular weight is 327 g/mol. The van der Waals surface area contributed by atoms with Gasteiger partial charge in [-0.1, -0.05) is 30.3 Å². The highest BCUT2D eigenvalue weighted by molar-refractivity contribution is 5.70. The van der Waals surface area contributed by atoms with Crippen LogP contribution in [0.4, 0.5) is 22.0 Å². The zero-order valence-electron chi connectivity index (χ0n) is 12.3. The summed E-state index contributed by atoms with van der Waals surface area (Å²) in [6, 6.07) is 7.06. The lowest BCUT2D eigenvalue weighted by atomic mass is 10.1.